The monoisotopic (exact) mass is 253 g/mol. The van der Waals surface area contributed by atoms with Gasteiger partial charge in [-0.25, -0.2) is 0 Å². The second-order valence-corrected chi connectivity index (χ2v) is 4.46. The zero-order valence-electron chi connectivity index (χ0n) is 10.3. The zero-order valence-corrected chi connectivity index (χ0v) is 10.3. The second-order valence-electron chi connectivity index (χ2n) is 4.46. The van der Waals surface area contributed by atoms with Gasteiger partial charge in [-0.05, 0) is 19.1 Å². The van der Waals surface area contributed by atoms with E-state index in [1.54, 1.807) is 6.07 Å². The Hall–Kier alpha value is -2.62. The average Bonchev–Trinajstić information content (AvgIpc) is 2.82. The molecule has 0 spiro atoms. The molecule has 0 saturated heterocycles. The topological polar surface area (TPSA) is 56.3 Å². The molecule has 0 fully saturated rings. The molecule has 0 bridgehead atoms. The van der Waals surface area contributed by atoms with Crippen molar-refractivity contribution in [1.82, 2.24) is 0 Å². The third-order valence-electron chi connectivity index (χ3n) is 3.05. The van der Waals surface area contributed by atoms with Gasteiger partial charge in [0.1, 0.15) is 11.3 Å². The Labute approximate surface area is 109 Å². The lowest BCUT2D eigenvalue weighted by Crippen LogP contribution is -1.85. The molecule has 4 heteroatoms. The zero-order chi connectivity index (χ0) is 13.4. The first kappa shape index (κ1) is 11.5. The number of aryl methyl sites for hydroxylation is 1. The van der Waals surface area contributed by atoms with Crippen molar-refractivity contribution >= 4 is 16.7 Å². The van der Waals surface area contributed by atoms with Crippen molar-refractivity contribution in [3.05, 3.63) is 64.2 Å². The van der Waals surface area contributed by atoms with Gasteiger partial charge in [0.05, 0.1) is 11.0 Å². The van der Waals surface area contributed by atoms with Gasteiger partial charge in [-0.2, -0.15) is 0 Å². The molecule has 19 heavy (non-hydrogen) atoms. The predicted molar refractivity (Wildman–Crippen MR) is 73.0 cm³/mol. The van der Waals surface area contributed by atoms with Crippen LogP contribution in [0.3, 0.4) is 0 Å². The van der Waals surface area contributed by atoms with Gasteiger partial charge < -0.3 is 4.42 Å². The summed E-state index contributed by atoms with van der Waals surface area (Å²) in [5, 5.41) is 11.6. The summed E-state index contributed by atoms with van der Waals surface area (Å²) in [6.45, 7) is 2.02. The molecule has 3 aromatic rings. The van der Waals surface area contributed by atoms with E-state index in [9.17, 15) is 10.1 Å². The Kier molecular flexibility index (Phi) is 2.56. The van der Waals surface area contributed by atoms with Crippen LogP contribution in [0.2, 0.25) is 0 Å². The highest BCUT2D eigenvalue weighted by atomic mass is 16.6. The molecular weight excluding hydrogens is 242 g/mol. The van der Waals surface area contributed by atoms with Crippen molar-refractivity contribution in [1.29, 1.82) is 0 Å². The van der Waals surface area contributed by atoms with Crippen molar-refractivity contribution in [2.75, 3.05) is 0 Å². The van der Waals surface area contributed by atoms with Crippen LogP contribution in [0.25, 0.3) is 22.3 Å². The Bertz CT molecular complexity index is 757. The third-order valence-corrected chi connectivity index (χ3v) is 3.05. The maximum atomic E-state index is 10.7. The van der Waals surface area contributed by atoms with E-state index in [0.29, 0.717) is 5.58 Å². The van der Waals surface area contributed by atoms with Crippen LogP contribution in [-0.4, -0.2) is 4.92 Å². The minimum absolute atomic E-state index is 0.0392. The molecule has 0 radical (unpaired) electrons. The number of hydrogen-bond donors (Lipinski definition) is 0. The molecule has 0 aliphatic carbocycles. The fraction of sp³-hybridized carbons (Fsp3) is 0.0667. The summed E-state index contributed by atoms with van der Waals surface area (Å²) in [5.74, 6) is 0.718. The summed E-state index contributed by atoms with van der Waals surface area (Å²) in [6, 6.07) is 14.5. The van der Waals surface area contributed by atoms with Gasteiger partial charge in [0.15, 0.2) is 0 Å². The highest BCUT2D eigenvalue weighted by Crippen LogP contribution is 2.30. The maximum Gasteiger partial charge on any atom is 0.273 e. The number of nitrogens with zero attached hydrogens (tertiary/aromatic N) is 1. The summed E-state index contributed by atoms with van der Waals surface area (Å²) in [7, 11) is 0. The van der Waals surface area contributed by atoms with E-state index in [4.69, 9.17) is 4.42 Å². The number of nitro benzene ring substituents is 1. The fourth-order valence-electron chi connectivity index (χ4n) is 1.99. The summed E-state index contributed by atoms with van der Waals surface area (Å²) in [4.78, 5) is 10.3. The Morgan fingerprint density at radius 2 is 1.79 bits per heavy atom. The Balaban J connectivity index is 2.11. The average molecular weight is 253 g/mol. The number of furan rings is 1. The van der Waals surface area contributed by atoms with Crippen LogP contribution in [0.5, 0.6) is 0 Å². The fourth-order valence-corrected chi connectivity index (χ4v) is 1.99. The molecule has 0 N–H and O–H groups in total. The van der Waals surface area contributed by atoms with Crippen LogP contribution in [0, 0.1) is 17.0 Å². The molecule has 2 aromatic carbocycles. The normalized spacial score (nSPS) is 10.8. The largest absolute Gasteiger partial charge is 0.456 e. The van der Waals surface area contributed by atoms with Gasteiger partial charge >= 0.3 is 0 Å². The number of fused-ring (bicyclic) bond motifs is 1. The van der Waals surface area contributed by atoms with E-state index in [1.807, 2.05) is 37.3 Å². The molecule has 1 aromatic heterocycles. The van der Waals surface area contributed by atoms with Gasteiger partial charge in [-0.1, -0.05) is 29.8 Å². The molecule has 4 nitrogen and oxygen atoms in total. The maximum absolute atomic E-state index is 10.7. The van der Waals surface area contributed by atoms with Crippen molar-refractivity contribution < 1.29 is 9.34 Å². The molecular formula is C15H11NO3. The number of nitro groups is 1. The lowest BCUT2D eigenvalue weighted by Gasteiger charge is -1.96. The van der Waals surface area contributed by atoms with Crippen molar-refractivity contribution in [3.63, 3.8) is 0 Å². The van der Waals surface area contributed by atoms with E-state index in [2.05, 4.69) is 0 Å². The molecule has 0 aliphatic rings. The van der Waals surface area contributed by atoms with Crippen LogP contribution < -0.4 is 0 Å². The SMILES string of the molecule is Cc1ccc(-c2cc3ccc([N+](=O)[O-])cc3o2)cc1. The number of non-ortho nitro benzene ring substituents is 1. The van der Waals surface area contributed by atoms with Gasteiger partial charge in [-0.15, -0.1) is 0 Å². The Morgan fingerprint density at radius 3 is 2.47 bits per heavy atom. The van der Waals surface area contributed by atoms with Crippen LogP contribution in [0.1, 0.15) is 5.56 Å². The first-order chi connectivity index (χ1) is 9.13. The summed E-state index contributed by atoms with van der Waals surface area (Å²) >= 11 is 0. The van der Waals surface area contributed by atoms with Crippen LogP contribution in [0.15, 0.2) is 52.9 Å². The molecule has 94 valence electrons. The third kappa shape index (κ3) is 2.08. The van der Waals surface area contributed by atoms with Crippen molar-refractivity contribution in [3.8, 4) is 11.3 Å². The van der Waals surface area contributed by atoms with Crippen LogP contribution in [0.4, 0.5) is 5.69 Å². The predicted octanol–water partition coefficient (Wildman–Crippen LogP) is 4.32. The molecule has 1 heterocycles. The van der Waals surface area contributed by atoms with E-state index in [1.165, 1.54) is 17.7 Å². The summed E-state index contributed by atoms with van der Waals surface area (Å²) in [6.07, 6.45) is 0. The standard InChI is InChI=1S/C15H11NO3/c1-10-2-4-11(5-3-10)14-8-12-6-7-13(16(17)18)9-15(12)19-14/h2-9H,1H3. The molecule has 3 rings (SSSR count). The number of rotatable bonds is 2. The minimum Gasteiger partial charge on any atom is -0.456 e. The summed E-state index contributed by atoms with van der Waals surface area (Å²) in [5.41, 5.74) is 2.71. The van der Waals surface area contributed by atoms with Gasteiger partial charge in [0.2, 0.25) is 0 Å². The van der Waals surface area contributed by atoms with Gasteiger partial charge in [0.25, 0.3) is 5.69 Å². The second kappa shape index (κ2) is 4.24. The summed E-state index contributed by atoms with van der Waals surface area (Å²) < 4.78 is 5.68. The first-order valence-electron chi connectivity index (χ1n) is 5.88. The highest BCUT2D eigenvalue weighted by molar-refractivity contribution is 5.84. The number of hydrogen-bond acceptors (Lipinski definition) is 3. The van der Waals surface area contributed by atoms with E-state index < -0.39 is 4.92 Å². The number of benzene rings is 2. The van der Waals surface area contributed by atoms with E-state index in [0.717, 1.165) is 16.7 Å². The lowest BCUT2D eigenvalue weighted by molar-refractivity contribution is -0.384. The quantitative estimate of drug-likeness (QED) is 0.505. The van der Waals surface area contributed by atoms with E-state index in [-0.39, 0.29) is 5.69 Å². The van der Waals surface area contributed by atoms with Crippen molar-refractivity contribution in [2.45, 2.75) is 6.92 Å². The van der Waals surface area contributed by atoms with Gasteiger partial charge in [0, 0.05) is 17.0 Å². The van der Waals surface area contributed by atoms with Crippen molar-refractivity contribution in [2.24, 2.45) is 0 Å². The lowest BCUT2D eigenvalue weighted by atomic mass is 10.1. The van der Waals surface area contributed by atoms with E-state index >= 15 is 0 Å². The van der Waals surface area contributed by atoms with Crippen LogP contribution >= 0.6 is 0 Å². The minimum atomic E-state index is -0.423. The first-order valence-corrected chi connectivity index (χ1v) is 5.88. The molecule has 0 unspecified atom stereocenters. The molecule has 0 amide bonds. The highest BCUT2D eigenvalue weighted by Gasteiger charge is 2.11. The van der Waals surface area contributed by atoms with Crippen LogP contribution in [-0.2, 0) is 0 Å². The Morgan fingerprint density at radius 1 is 1.05 bits per heavy atom. The van der Waals surface area contributed by atoms with Gasteiger partial charge in [-0.3, -0.25) is 10.1 Å². The molecule has 0 aliphatic heterocycles. The molecule has 0 atom stereocenters. The molecule has 0 saturated carbocycles. The smallest absolute Gasteiger partial charge is 0.273 e.